The van der Waals surface area contributed by atoms with Gasteiger partial charge in [-0.25, -0.2) is 0 Å². The van der Waals surface area contributed by atoms with Crippen LogP contribution < -0.4 is 4.74 Å². The minimum Gasteiger partial charge on any atom is -0.457 e. The molecule has 2 aromatic carbocycles. The highest BCUT2D eigenvalue weighted by atomic mass is 16.5. The summed E-state index contributed by atoms with van der Waals surface area (Å²) < 4.78 is 5.62. The van der Waals surface area contributed by atoms with Crippen molar-refractivity contribution in [1.82, 2.24) is 0 Å². The zero-order valence-corrected chi connectivity index (χ0v) is 9.63. The van der Waals surface area contributed by atoms with E-state index in [1.54, 1.807) is 24.3 Å². The van der Waals surface area contributed by atoms with Crippen LogP contribution in [0.2, 0.25) is 0 Å². The van der Waals surface area contributed by atoms with Gasteiger partial charge in [0.2, 0.25) is 0 Å². The van der Waals surface area contributed by atoms with Crippen LogP contribution in [0, 0.1) is 22.7 Å². The summed E-state index contributed by atoms with van der Waals surface area (Å²) in [6, 6.07) is 18.5. The second-order valence-corrected chi connectivity index (χ2v) is 3.72. The predicted molar refractivity (Wildman–Crippen MR) is 67.0 cm³/mol. The largest absolute Gasteiger partial charge is 0.457 e. The second-order valence-electron chi connectivity index (χ2n) is 3.72. The Kier molecular flexibility index (Phi) is 3.59. The van der Waals surface area contributed by atoms with Gasteiger partial charge in [-0.15, -0.1) is 0 Å². The van der Waals surface area contributed by atoms with Crippen LogP contribution in [-0.2, 0) is 6.42 Å². The molecule has 0 heterocycles. The number of nitriles is 2. The van der Waals surface area contributed by atoms with Crippen LogP contribution in [0.15, 0.2) is 48.5 Å². The number of benzene rings is 2. The van der Waals surface area contributed by atoms with Crippen molar-refractivity contribution in [3.63, 3.8) is 0 Å². The summed E-state index contributed by atoms with van der Waals surface area (Å²) in [4.78, 5) is 0. The Morgan fingerprint density at radius 3 is 2.39 bits per heavy atom. The first-order valence-electron chi connectivity index (χ1n) is 5.46. The number of hydrogen-bond donors (Lipinski definition) is 0. The van der Waals surface area contributed by atoms with Crippen LogP contribution in [0.5, 0.6) is 11.5 Å². The summed E-state index contributed by atoms with van der Waals surface area (Å²) in [5.41, 5.74) is 1.52. The molecule has 0 saturated carbocycles. The molecule has 0 aromatic heterocycles. The van der Waals surface area contributed by atoms with Gasteiger partial charge >= 0.3 is 0 Å². The molecule has 0 N–H and O–H groups in total. The first-order valence-corrected chi connectivity index (χ1v) is 5.46. The lowest BCUT2D eigenvalue weighted by Gasteiger charge is -2.06. The lowest BCUT2D eigenvalue weighted by Crippen LogP contribution is -1.86. The molecule has 0 aliphatic heterocycles. The van der Waals surface area contributed by atoms with E-state index in [0.717, 1.165) is 5.56 Å². The molecule has 0 amide bonds. The number of hydrogen-bond acceptors (Lipinski definition) is 3. The van der Waals surface area contributed by atoms with Crippen molar-refractivity contribution in [2.45, 2.75) is 6.42 Å². The van der Waals surface area contributed by atoms with E-state index in [0.29, 0.717) is 23.5 Å². The summed E-state index contributed by atoms with van der Waals surface area (Å²) in [5.74, 6) is 1.31. The van der Waals surface area contributed by atoms with Gasteiger partial charge in [0.15, 0.2) is 0 Å². The lowest BCUT2D eigenvalue weighted by atomic mass is 10.1. The SMILES string of the molecule is N#CCc1ccc(Oc2cccc(C#N)c2)cc1. The van der Waals surface area contributed by atoms with E-state index < -0.39 is 0 Å². The third-order valence-electron chi connectivity index (χ3n) is 2.41. The summed E-state index contributed by atoms with van der Waals surface area (Å²) in [6.45, 7) is 0. The Hall–Kier alpha value is -2.78. The van der Waals surface area contributed by atoms with Crippen molar-refractivity contribution in [2.24, 2.45) is 0 Å². The van der Waals surface area contributed by atoms with Crippen molar-refractivity contribution >= 4 is 0 Å². The van der Waals surface area contributed by atoms with Gasteiger partial charge in [0.1, 0.15) is 11.5 Å². The Labute approximate surface area is 105 Å². The Morgan fingerprint density at radius 1 is 0.944 bits per heavy atom. The molecule has 0 bridgehead atoms. The van der Waals surface area contributed by atoms with Gasteiger partial charge < -0.3 is 4.74 Å². The summed E-state index contributed by atoms with van der Waals surface area (Å²) in [5, 5.41) is 17.4. The molecule has 2 rings (SSSR count). The normalized spacial score (nSPS) is 9.22. The monoisotopic (exact) mass is 234 g/mol. The van der Waals surface area contributed by atoms with Crippen LogP contribution in [0.4, 0.5) is 0 Å². The molecular weight excluding hydrogens is 224 g/mol. The molecule has 0 aliphatic carbocycles. The zero-order valence-electron chi connectivity index (χ0n) is 9.63. The minimum absolute atomic E-state index is 0.393. The minimum atomic E-state index is 0.393. The molecule has 0 aliphatic rings. The maximum absolute atomic E-state index is 8.79. The third kappa shape index (κ3) is 2.87. The number of nitrogens with zero attached hydrogens (tertiary/aromatic N) is 2. The zero-order chi connectivity index (χ0) is 12.8. The van der Waals surface area contributed by atoms with E-state index in [1.165, 1.54) is 0 Å². The standard InChI is InChI=1S/C15H10N2O/c16-9-8-12-4-6-14(7-5-12)18-15-3-1-2-13(10-15)11-17/h1-7,10H,8H2. The second kappa shape index (κ2) is 5.52. The average Bonchev–Trinajstić information content (AvgIpc) is 2.42. The molecule has 3 nitrogen and oxygen atoms in total. The Morgan fingerprint density at radius 2 is 1.72 bits per heavy atom. The van der Waals surface area contributed by atoms with Crippen LogP contribution in [0.3, 0.4) is 0 Å². The van der Waals surface area contributed by atoms with E-state index in [1.807, 2.05) is 24.3 Å². The van der Waals surface area contributed by atoms with Crippen LogP contribution in [-0.4, -0.2) is 0 Å². The number of rotatable bonds is 3. The van der Waals surface area contributed by atoms with Crippen molar-refractivity contribution in [2.75, 3.05) is 0 Å². The maximum Gasteiger partial charge on any atom is 0.128 e. The summed E-state index contributed by atoms with van der Waals surface area (Å²) in [7, 11) is 0. The topological polar surface area (TPSA) is 56.8 Å². The van der Waals surface area contributed by atoms with Gasteiger partial charge in [0, 0.05) is 0 Å². The van der Waals surface area contributed by atoms with Gasteiger partial charge in [-0.05, 0) is 35.9 Å². The van der Waals surface area contributed by atoms with Crippen LogP contribution >= 0.6 is 0 Å². The first-order chi connectivity index (χ1) is 8.81. The molecule has 0 saturated heterocycles. The molecule has 0 atom stereocenters. The fraction of sp³-hybridized carbons (Fsp3) is 0.0667. The van der Waals surface area contributed by atoms with E-state index >= 15 is 0 Å². The fourth-order valence-electron chi connectivity index (χ4n) is 1.53. The van der Waals surface area contributed by atoms with E-state index in [9.17, 15) is 0 Å². The fourth-order valence-corrected chi connectivity index (χ4v) is 1.53. The van der Waals surface area contributed by atoms with E-state index in [-0.39, 0.29) is 0 Å². The van der Waals surface area contributed by atoms with Gasteiger partial charge in [-0.2, -0.15) is 10.5 Å². The summed E-state index contributed by atoms with van der Waals surface area (Å²) >= 11 is 0. The Balaban J connectivity index is 2.14. The Bertz CT molecular complexity index is 618. The van der Waals surface area contributed by atoms with Crippen LogP contribution in [0.25, 0.3) is 0 Å². The smallest absolute Gasteiger partial charge is 0.128 e. The van der Waals surface area contributed by atoms with Gasteiger partial charge in [-0.3, -0.25) is 0 Å². The average molecular weight is 234 g/mol. The highest BCUT2D eigenvalue weighted by Crippen LogP contribution is 2.22. The molecule has 86 valence electrons. The quantitative estimate of drug-likeness (QED) is 0.817. The highest BCUT2D eigenvalue weighted by molar-refractivity contribution is 5.39. The molecule has 3 heteroatoms. The molecule has 0 unspecified atom stereocenters. The van der Waals surface area contributed by atoms with E-state index in [4.69, 9.17) is 15.3 Å². The highest BCUT2D eigenvalue weighted by Gasteiger charge is 1.99. The van der Waals surface area contributed by atoms with Crippen molar-refractivity contribution in [1.29, 1.82) is 10.5 Å². The molecular formula is C15H10N2O. The van der Waals surface area contributed by atoms with Crippen LogP contribution in [0.1, 0.15) is 11.1 Å². The van der Waals surface area contributed by atoms with Crippen molar-refractivity contribution < 1.29 is 4.74 Å². The lowest BCUT2D eigenvalue weighted by molar-refractivity contribution is 0.482. The van der Waals surface area contributed by atoms with Gasteiger partial charge in [0.05, 0.1) is 24.1 Å². The van der Waals surface area contributed by atoms with Crippen molar-refractivity contribution in [3.05, 3.63) is 59.7 Å². The maximum atomic E-state index is 8.79. The molecule has 0 fully saturated rings. The van der Waals surface area contributed by atoms with E-state index in [2.05, 4.69) is 12.1 Å². The van der Waals surface area contributed by atoms with Gasteiger partial charge in [-0.1, -0.05) is 18.2 Å². The molecule has 0 radical (unpaired) electrons. The number of ether oxygens (including phenoxy) is 1. The first kappa shape index (κ1) is 11.7. The molecule has 18 heavy (non-hydrogen) atoms. The third-order valence-corrected chi connectivity index (χ3v) is 2.41. The molecule has 2 aromatic rings. The predicted octanol–water partition coefficient (Wildman–Crippen LogP) is 3.42. The van der Waals surface area contributed by atoms with Gasteiger partial charge in [0.25, 0.3) is 0 Å². The summed E-state index contributed by atoms with van der Waals surface area (Å²) in [6.07, 6.45) is 0.393. The molecule has 0 spiro atoms. The van der Waals surface area contributed by atoms with Crippen molar-refractivity contribution in [3.8, 4) is 23.6 Å².